The van der Waals surface area contributed by atoms with Crippen LogP contribution in [-0.4, -0.2) is 37.6 Å². The van der Waals surface area contributed by atoms with Gasteiger partial charge in [0.1, 0.15) is 6.04 Å². The molecule has 0 aromatic heterocycles. The minimum Gasteiger partial charge on any atom is -0.493 e. The molecule has 0 aliphatic carbocycles. The number of nitrogens with zero attached hydrogens (tertiary/aromatic N) is 2. The smallest absolute Gasteiger partial charge is 0.228 e. The number of hydrogen-bond acceptors (Lipinski definition) is 4. The van der Waals surface area contributed by atoms with Crippen LogP contribution in [0.2, 0.25) is 0 Å². The van der Waals surface area contributed by atoms with Gasteiger partial charge < -0.3 is 14.4 Å². The average molecular weight is 288 g/mol. The molecule has 2 rings (SSSR count). The molecule has 1 unspecified atom stereocenters. The maximum absolute atomic E-state index is 12.4. The van der Waals surface area contributed by atoms with Gasteiger partial charge in [0, 0.05) is 6.54 Å². The van der Waals surface area contributed by atoms with Crippen molar-refractivity contribution in [3.8, 4) is 17.6 Å². The second kappa shape index (κ2) is 6.98. The molecule has 0 saturated carbocycles. The monoisotopic (exact) mass is 288 g/mol. The van der Waals surface area contributed by atoms with Crippen molar-refractivity contribution in [3.05, 3.63) is 23.8 Å². The molecular formula is C16H20N2O3. The minimum absolute atomic E-state index is 0.00605. The Kier molecular flexibility index (Phi) is 5.04. The van der Waals surface area contributed by atoms with Crippen molar-refractivity contribution in [2.45, 2.75) is 31.7 Å². The molecule has 1 saturated heterocycles. The van der Waals surface area contributed by atoms with E-state index < -0.39 is 0 Å². The van der Waals surface area contributed by atoms with E-state index in [1.54, 1.807) is 25.2 Å². The van der Waals surface area contributed by atoms with Gasteiger partial charge in [-0.2, -0.15) is 5.26 Å². The third kappa shape index (κ3) is 3.46. The number of carbonyl (C=O) groups is 1. The summed E-state index contributed by atoms with van der Waals surface area (Å²) in [6, 6.07) is 7.39. The van der Waals surface area contributed by atoms with Crippen LogP contribution in [0.25, 0.3) is 0 Å². The fourth-order valence-electron chi connectivity index (χ4n) is 2.63. The topological polar surface area (TPSA) is 62.6 Å². The number of methoxy groups -OCH3 is 2. The standard InChI is InChI=1S/C16H20N2O3/c1-20-14-7-6-12(9-15(14)21-2)10-16(19)18-8-4-3-5-13(18)11-17/h6-7,9,13H,3-5,8,10H2,1-2H3. The van der Waals surface area contributed by atoms with Crippen LogP contribution in [-0.2, 0) is 11.2 Å². The first-order valence-corrected chi connectivity index (χ1v) is 7.09. The van der Waals surface area contributed by atoms with E-state index >= 15 is 0 Å². The van der Waals surface area contributed by atoms with Gasteiger partial charge in [0.05, 0.1) is 26.7 Å². The molecule has 0 radical (unpaired) electrons. The largest absolute Gasteiger partial charge is 0.493 e. The molecular weight excluding hydrogens is 268 g/mol. The van der Waals surface area contributed by atoms with Gasteiger partial charge in [-0.15, -0.1) is 0 Å². The van der Waals surface area contributed by atoms with Crippen LogP contribution < -0.4 is 9.47 Å². The van der Waals surface area contributed by atoms with Gasteiger partial charge in [-0.25, -0.2) is 0 Å². The van der Waals surface area contributed by atoms with Crippen LogP contribution in [0.4, 0.5) is 0 Å². The molecule has 1 heterocycles. The molecule has 1 fully saturated rings. The van der Waals surface area contributed by atoms with Crippen molar-refractivity contribution >= 4 is 5.91 Å². The Hall–Kier alpha value is -2.22. The van der Waals surface area contributed by atoms with Crippen molar-refractivity contribution in [1.82, 2.24) is 4.90 Å². The third-order valence-electron chi connectivity index (χ3n) is 3.78. The number of likely N-dealkylation sites (tertiary alicyclic amines) is 1. The number of rotatable bonds is 4. The van der Waals surface area contributed by atoms with E-state index in [0.717, 1.165) is 24.8 Å². The lowest BCUT2D eigenvalue weighted by molar-refractivity contribution is -0.132. The molecule has 1 aromatic carbocycles. The van der Waals surface area contributed by atoms with Gasteiger partial charge in [0.2, 0.25) is 5.91 Å². The number of carbonyl (C=O) groups excluding carboxylic acids is 1. The van der Waals surface area contributed by atoms with Crippen LogP contribution in [0.3, 0.4) is 0 Å². The Labute approximate surface area is 125 Å². The lowest BCUT2D eigenvalue weighted by Gasteiger charge is -2.31. The summed E-state index contributed by atoms with van der Waals surface area (Å²) < 4.78 is 10.4. The van der Waals surface area contributed by atoms with Crippen molar-refractivity contribution in [3.63, 3.8) is 0 Å². The highest BCUT2D eigenvalue weighted by Gasteiger charge is 2.26. The average Bonchev–Trinajstić information content (AvgIpc) is 2.54. The quantitative estimate of drug-likeness (QED) is 0.851. The number of nitriles is 1. The molecule has 1 atom stereocenters. The molecule has 5 heteroatoms. The number of benzene rings is 1. The summed E-state index contributed by atoms with van der Waals surface area (Å²) in [5.74, 6) is 1.24. The molecule has 1 aliphatic heterocycles. The van der Waals surface area contributed by atoms with Crippen LogP contribution >= 0.6 is 0 Å². The van der Waals surface area contributed by atoms with Gasteiger partial charge in [-0.05, 0) is 37.0 Å². The summed E-state index contributed by atoms with van der Waals surface area (Å²) in [5.41, 5.74) is 0.861. The molecule has 1 aromatic rings. The van der Waals surface area contributed by atoms with E-state index in [2.05, 4.69) is 6.07 Å². The highest BCUT2D eigenvalue weighted by Crippen LogP contribution is 2.28. The Morgan fingerprint density at radius 1 is 1.33 bits per heavy atom. The minimum atomic E-state index is -0.286. The van der Waals surface area contributed by atoms with Crippen molar-refractivity contribution in [2.75, 3.05) is 20.8 Å². The molecule has 112 valence electrons. The lowest BCUT2D eigenvalue weighted by atomic mass is 10.0. The van der Waals surface area contributed by atoms with E-state index in [1.165, 1.54) is 0 Å². The number of ether oxygens (including phenoxy) is 2. The molecule has 1 amide bonds. The molecule has 21 heavy (non-hydrogen) atoms. The predicted molar refractivity (Wildman–Crippen MR) is 78.2 cm³/mol. The van der Waals surface area contributed by atoms with Crippen LogP contribution in [0.15, 0.2) is 18.2 Å². The highest BCUT2D eigenvalue weighted by molar-refractivity contribution is 5.79. The highest BCUT2D eigenvalue weighted by atomic mass is 16.5. The Morgan fingerprint density at radius 2 is 2.10 bits per heavy atom. The zero-order valence-electron chi connectivity index (χ0n) is 12.5. The summed E-state index contributed by atoms with van der Waals surface area (Å²) in [4.78, 5) is 14.1. The van der Waals surface area contributed by atoms with E-state index in [4.69, 9.17) is 14.7 Å². The number of piperidine rings is 1. The zero-order valence-corrected chi connectivity index (χ0v) is 12.5. The fraction of sp³-hybridized carbons (Fsp3) is 0.500. The van der Waals surface area contributed by atoms with Crippen LogP contribution in [0, 0.1) is 11.3 Å². The van der Waals surface area contributed by atoms with Crippen LogP contribution in [0.1, 0.15) is 24.8 Å². The molecule has 1 aliphatic rings. The first-order chi connectivity index (χ1) is 10.2. The summed E-state index contributed by atoms with van der Waals surface area (Å²) in [6.45, 7) is 0.671. The SMILES string of the molecule is COc1ccc(CC(=O)N2CCCCC2C#N)cc1OC. The summed E-state index contributed by atoms with van der Waals surface area (Å²) in [5, 5.41) is 9.15. The molecule has 0 bridgehead atoms. The lowest BCUT2D eigenvalue weighted by Crippen LogP contribution is -2.43. The number of hydrogen-bond donors (Lipinski definition) is 0. The normalized spacial score (nSPS) is 18.0. The predicted octanol–water partition coefficient (Wildman–Crippen LogP) is 2.15. The van der Waals surface area contributed by atoms with Crippen LogP contribution in [0.5, 0.6) is 11.5 Å². The first kappa shape index (κ1) is 15.2. The Bertz CT molecular complexity index is 551. The van der Waals surface area contributed by atoms with E-state index in [0.29, 0.717) is 18.0 Å². The summed E-state index contributed by atoms with van der Waals surface area (Å²) in [7, 11) is 3.15. The van der Waals surface area contributed by atoms with Crippen molar-refractivity contribution in [2.24, 2.45) is 0 Å². The maximum atomic E-state index is 12.4. The molecule has 0 spiro atoms. The molecule has 0 N–H and O–H groups in total. The summed E-state index contributed by atoms with van der Waals surface area (Å²) in [6.07, 6.45) is 3.03. The van der Waals surface area contributed by atoms with Gasteiger partial charge in [-0.1, -0.05) is 6.07 Å². The number of amides is 1. The Balaban J connectivity index is 2.10. The van der Waals surface area contributed by atoms with Gasteiger partial charge >= 0.3 is 0 Å². The van der Waals surface area contributed by atoms with Gasteiger partial charge in [0.15, 0.2) is 11.5 Å². The third-order valence-corrected chi connectivity index (χ3v) is 3.78. The van der Waals surface area contributed by atoms with E-state index in [1.807, 2.05) is 12.1 Å². The van der Waals surface area contributed by atoms with Crippen molar-refractivity contribution in [1.29, 1.82) is 5.26 Å². The van der Waals surface area contributed by atoms with Gasteiger partial charge in [0.25, 0.3) is 0 Å². The second-order valence-corrected chi connectivity index (χ2v) is 5.09. The van der Waals surface area contributed by atoms with Gasteiger partial charge in [-0.3, -0.25) is 4.79 Å². The Morgan fingerprint density at radius 3 is 2.76 bits per heavy atom. The molecule has 5 nitrogen and oxygen atoms in total. The van der Waals surface area contributed by atoms with E-state index in [9.17, 15) is 4.79 Å². The maximum Gasteiger partial charge on any atom is 0.228 e. The van der Waals surface area contributed by atoms with Crippen molar-refractivity contribution < 1.29 is 14.3 Å². The second-order valence-electron chi connectivity index (χ2n) is 5.09. The fourth-order valence-corrected chi connectivity index (χ4v) is 2.63. The summed E-state index contributed by atoms with van der Waals surface area (Å²) >= 11 is 0. The first-order valence-electron chi connectivity index (χ1n) is 7.09. The zero-order chi connectivity index (χ0) is 15.2. The van der Waals surface area contributed by atoms with E-state index in [-0.39, 0.29) is 18.4 Å².